The highest BCUT2D eigenvalue weighted by molar-refractivity contribution is 7.71. The first kappa shape index (κ1) is 26.4. The number of benzene rings is 1. The van der Waals surface area contributed by atoms with Gasteiger partial charge in [0, 0.05) is 41.4 Å². The number of alkyl halides is 3. The Morgan fingerprint density at radius 3 is 2.39 bits per heavy atom. The lowest BCUT2D eigenvalue weighted by atomic mass is 9.96. The van der Waals surface area contributed by atoms with Gasteiger partial charge < -0.3 is 19.7 Å². The quantitative estimate of drug-likeness (QED) is 0.422. The number of nitrogens with zero attached hydrogens (tertiary/aromatic N) is 4. The largest absolute Gasteiger partial charge is 0.433 e. The third kappa shape index (κ3) is 4.81. The molecule has 1 aliphatic rings. The molecule has 8 nitrogen and oxygen atoms in total. The van der Waals surface area contributed by atoms with Crippen LogP contribution in [0, 0.1) is 5.92 Å². The molecule has 0 bridgehead atoms. The van der Waals surface area contributed by atoms with Crippen molar-refractivity contribution in [2.45, 2.75) is 64.4 Å². The van der Waals surface area contributed by atoms with E-state index in [0.29, 0.717) is 24.2 Å². The van der Waals surface area contributed by atoms with Crippen LogP contribution in [0.1, 0.15) is 61.8 Å². The van der Waals surface area contributed by atoms with Crippen LogP contribution in [0.2, 0.25) is 0 Å². The van der Waals surface area contributed by atoms with Gasteiger partial charge in [-0.25, -0.2) is 18.4 Å². The lowest BCUT2D eigenvalue weighted by Crippen LogP contribution is -2.42. The number of aliphatic hydroxyl groups is 2. The van der Waals surface area contributed by atoms with Crippen LogP contribution in [0.5, 0.6) is 0 Å². The Bertz CT molecular complexity index is 1370. The van der Waals surface area contributed by atoms with Crippen LogP contribution < -0.4 is 4.90 Å². The molecular weight excluding hydrogens is 497 g/mol. The van der Waals surface area contributed by atoms with Crippen molar-refractivity contribution < 1.29 is 31.8 Å². The number of aromatic nitrogens is 3. The Morgan fingerprint density at radius 2 is 1.83 bits per heavy atom. The second-order valence-corrected chi connectivity index (χ2v) is 10.9. The monoisotopic (exact) mass is 526 g/mol. The standard InChI is InChI=1S/C24H29F3N4O4S/c1-13(2)20-19-8-14-7-15(11-32)16(12-36(34)35)9-18(14)30(19)5-6-31(20)22-28-10-17(23(3,4)33)21(29-22)24(25,26)27/h7-10,13,20,32-33,36H,5-6,11-12H2,1-4H3/t20-/m1/s1. The number of aliphatic hydroxyl groups excluding tert-OH is 1. The predicted octanol–water partition coefficient (Wildman–Crippen LogP) is 3.50. The minimum absolute atomic E-state index is 0.0341. The third-order valence-corrected chi connectivity index (χ3v) is 7.12. The Labute approximate surface area is 208 Å². The SMILES string of the molecule is CC(C)[C@@H]1c2cc3cc(CO)c(C[SH](=O)=O)cc3n2CCN1c1ncc(C(C)(C)O)c(C(F)(F)F)n1. The summed E-state index contributed by atoms with van der Waals surface area (Å²) in [6.07, 6.45) is -3.73. The molecule has 0 radical (unpaired) electrons. The van der Waals surface area contributed by atoms with Gasteiger partial charge in [0.25, 0.3) is 0 Å². The van der Waals surface area contributed by atoms with Gasteiger partial charge in [0.1, 0.15) is 10.7 Å². The molecule has 12 heteroatoms. The van der Waals surface area contributed by atoms with Crippen molar-refractivity contribution in [3.8, 4) is 0 Å². The second kappa shape index (κ2) is 9.31. The molecule has 0 unspecified atom stereocenters. The molecular formula is C24H29F3N4O4S. The number of fused-ring (bicyclic) bond motifs is 3. The fourth-order valence-corrected chi connectivity index (χ4v) is 5.53. The van der Waals surface area contributed by atoms with Crippen molar-refractivity contribution in [3.63, 3.8) is 0 Å². The zero-order chi connectivity index (χ0) is 26.6. The third-order valence-electron chi connectivity index (χ3n) is 6.52. The van der Waals surface area contributed by atoms with E-state index in [-0.39, 0.29) is 30.3 Å². The maximum atomic E-state index is 13.9. The van der Waals surface area contributed by atoms with Crippen LogP contribution in [0.4, 0.5) is 19.1 Å². The summed E-state index contributed by atoms with van der Waals surface area (Å²) < 4.78 is 66.4. The molecule has 1 aliphatic heterocycles. The zero-order valence-corrected chi connectivity index (χ0v) is 21.3. The number of anilines is 1. The number of thiol groups is 1. The van der Waals surface area contributed by atoms with Crippen LogP contribution >= 0.6 is 0 Å². The van der Waals surface area contributed by atoms with E-state index in [2.05, 4.69) is 9.97 Å². The highest BCUT2D eigenvalue weighted by atomic mass is 32.2. The molecule has 196 valence electrons. The summed E-state index contributed by atoms with van der Waals surface area (Å²) >= 11 is 0. The van der Waals surface area contributed by atoms with Gasteiger partial charge in [-0.3, -0.25) is 0 Å². The highest BCUT2D eigenvalue weighted by Crippen LogP contribution is 2.41. The molecule has 1 atom stereocenters. The zero-order valence-electron chi connectivity index (χ0n) is 20.4. The molecule has 4 rings (SSSR count). The van der Waals surface area contributed by atoms with Crippen LogP contribution in [-0.4, -0.2) is 39.7 Å². The van der Waals surface area contributed by atoms with Gasteiger partial charge in [-0.05, 0) is 49.1 Å². The van der Waals surface area contributed by atoms with Gasteiger partial charge in [-0.2, -0.15) is 13.2 Å². The van der Waals surface area contributed by atoms with Gasteiger partial charge in [0.15, 0.2) is 5.69 Å². The molecule has 0 fully saturated rings. The van der Waals surface area contributed by atoms with E-state index in [1.807, 2.05) is 24.5 Å². The fraction of sp³-hybridized carbons (Fsp3) is 0.500. The van der Waals surface area contributed by atoms with E-state index in [0.717, 1.165) is 22.8 Å². The number of hydrogen-bond donors (Lipinski definition) is 3. The molecule has 0 saturated carbocycles. The first-order chi connectivity index (χ1) is 16.7. The molecule has 3 heterocycles. The van der Waals surface area contributed by atoms with Crippen LogP contribution in [0.15, 0.2) is 24.4 Å². The molecule has 0 aliphatic carbocycles. The summed E-state index contributed by atoms with van der Waals surface area (Å²) in [6, 6.07) is 5.08. The Hall–Kier alpha value is -2.70. The molecule has 2 aromatic heterocycles. The Balaban J connectivity index is 1.85. The smallest absolute Gasteiger partial charge is 0.392 e. The van der Waals surface area contributed by atoms with Crippen molar-refractivity contribution in [2.24, 2.45) is 5.92 Å². The van der Waals surface area contributed by atoms with Crippen molar-refractivity contribution in [3.05, 3.63) is 52.5 Å². The van der Waals surface area contributed by atoms with E-state index in [9.17, 15) is 31.8 Å². The lowest BCUT2D eigenvalue weighted by molar-refractivity contribution is -0.144. The molecule has 1 aromatic carbocycles. The van der Waals surface area contributed by atoms with Crippen LogP contribution in [0.25, 0.3) is 10.9 Å². The van der Waals surface area contributed by atoms with E-state index in [1.165, 1.54) is 13.8 Å². The maximum Gasteiger partial charge on any atom is 0.433 e. The molecule has 0 amide bonds. The first-order valence-corrected chi connectivity index (χ1v) is 12.9. The normalized spacial score (nSPS) is 16.9. The summed E-state index contributed by atoms with van der Waals surface area (Å²) in [7, 11) is -2.69. The van der Waals surface area contributed by atoms with Gasteiger partial charge in [-0.15, -0.1) is 0 Å². The van der Waals surface area contributed by atoms with Crippen molar-refractivity contribution in [2.75, 3.05) is 11.4 Å². The maximum absolute atomic E-state index is 13.9. The predicted molar refractivity (Wildman–Crippen MR) is 129 cm³/mol. The molecule has 0 saturated heterocycles. The Morgan fingerprint density at radius 1 is 1.14 bits per heavy atom. The fourth-order valence-electron chi connectivity index (χ4n) is 4.96. The minimum Gasteiger partial charge on any atom is -0.392 e. The average Bonchev–Trinajstić information content (AvgIpc) is 3.13. The number of hydrogen-bond acceptors (Lipinski definition) is 7. The van der Waals surface area contributed by atoms with E-state index in [4.69, 9.17) is 0 Å². The minimum atomic E-state index is -4.77. The first-order valence-electron chi connectivity index (χ1n) is 11.5. The second-order valence-electron chi connectivity index (χ2n) is 9.92. The summed E-state index contributed by atoms with van der Waals surface area (Å²) in [4.78, 5) is 9.85. The number of rotatable bonds is 6. The highest BCUT2D eigenvalue weighted by Gasteiger charge is 2.41. The van der Waals surface area contributed by atoms with E-state index >= 15 is 0 Å². The summed E-state index contributed by atoms with van der Waals surface area (Å²) in [5.41, 5.74) is -0.666. The lowest BCUT2D eigenvalue weighted by Gasteiger charge is -2.40. The van der Waals surface area contributed by atoms with Gasteiger partial charge >= 0.3 is 6.18 Å². The summed E-state index contributed by atoms with van der Waals surface area (Å²) in [5, 5.41) is 20.8. The molecule has 2 N–H and O–H groups in total. The van der Waals surface area contributed by atoms with Crippen molar-refractivity contribution in [1.29, 1.82) is 0 Å². The van der Waals surface area contributed by atoms with Crippen LogP contribution in [-0.2, 0) is 41.4 Å². The van der Waals surface area contributed by atoms with Crippen molar-refractivity contribution in [1.82, 2.24) is 14.5 Å². The summed E-state index contributed by atoms with van der Waals surface area (Å²) in [6.45, 7) is 6.86. The number of halogens is 3. The van der Waals surface area contributed by atoms with Gasteiger partial charge in [0.05, 0.1) is 24.0 Å². The summed E-state index contributed by atoms with van der Waals surface area (Å²) in [5.74, 6) is -0.304. The van der Waals surface area contributed by atoms with Crippen molar-refractivity contribution >= 4 is 27.6 Å². The Kier molecular flexibility index (Phi) is 6.82. The molecule has 36 heavy (non-hydrogen) atoms. The van der Waals surface area contributed by atoms with Gasteiger partial charge in [-0.1, -0.05) is 13.8 Å². The van der Waals surface area contributed by atoms with E-state index < -0.39 is 33.7 Å². The molecule has 0 spiro atoms. The molecule has 3 aromatic rings. The average molecular weight is 527 g/mol. The van der Waals surface area contributed by atoms with Crippen LogP contribution in [0.3, 0.4) is 0 Å². The van der Waals surface area contributed by atoms with E-state index in [1.54, 1.807) is 17.0 Å². The van der Waals surface area contributed by atoms with Gasteiger partial charge in [0.2, 0.25) is 5.95 Å². The topological polar surface area (TPSA) is 109 Å².